The normalized spacial score (nSPS) is 18.3. The van der Waals surface area contributed by atoms with Crippen LogP contribution in [0.3, 0.4) is 0 Å². The quantitative estimate of drug-likeness (QED) is 0.591. The number of aromatic nitrogens is 2. The monoisotopic (exact) mass is 422 g/mol. The minimum Gasteiger partial charge on any atom is -0.493 e. The van der Waals surface area contributed by atoms with Crippen LogP contribution in [0.4, 0.5) is 0 Å². The molecule has 3 aromatic rings. The predicted octanol–water partition coefficient (Wildman–Crippen LogP) is 5.15. The Hall–Kier alpha value is -2.60. The van der Waals surface area contributed by atoms with Gasteiger partial charge in [-0.1, -0.05) is 6.42 Å². The minimum absolute atomic E-state index is 0.0322. The van der Waals surface area contributed by atoms with E-state index in [4.69, 9.17) is 14.5 Å². The Kier molecular flexibility index (Phi) is 5.11. The van der Waals surface area contributed by atoms with Crippen molar-refractivity contribution in [2.45, 2.75) is 58.5 Å². The molecule has 1 aliphatic carbocycles. The lowest BCUT2D eigenvalue weighted by Gasteiger charge is -2.10. The van der Waals surface area contributed by atoms with E-state index >= 15 is 0 Å². The molecule has 5 rings (SSSR count). The summed E-state index contributed by atoms with van der Waals surface area (Å²) in [5, 5.41) is 0.795. The molecular formula is C24H26N2O3S. The van der Waals surface area contributed by atoms with Crippen LogP contribution in [0.15, 0.2) is 16.9 Å². The SMILES string of the molecule is CCOc1cc2c(cc1/C=C/c1nc3sc4c(c3c(=O)[nH]1)CCCCC4)OC(C)C2. The molecule has 1 aromatic carbocycles. The number of rotatable bonds is 4. The summed E-state index contributed by atoms with van der Waals surface area (Å²) in [7, 11) is 0. The van der Waals surface area contributed by atoms with Gasteiger partial charge in [0.25, 0.3) is 5.56 Å². The topological polar surface area (TPSA) is 64.2 Å². The van der Waals surface area contributed by atoms with Crippen molar-refractivity contribution >= 4 is 33.7 Å². The molecule has 1 N–H and O–H groups in total. The summed E-state index contributed by atoms with van der Waals surface area (Å²) in [5.74, 6) is 2.31. The smallest absolute Gasteiger partial charge is 0.260 e. The molecule has 2 aromatic heterocycles. The van der Waals surface area contributed by atoms with E-state index in [1.54, 1.807) is 11.3 Å². The van der Waals surface area contributed by atoms with Crippen molar-refractivity contribution in [3.63, 3.8) is 0 Å². The molecular weight excluding hydrogens is 396 g/mol. The molecule has 1 atom stereocenters. The van der Waals surface area contributed by atoms with E-state index in [0.717, 1.165) is 53.0 Å². The third kappa shape index (κ3) is 3.54. The second-order valence-corrected chi connectivity index (χ2v) is 9.18. The van der Waals surface area contributed by atoms with E-state index in [1.165, 1.54) is 28.8 Å². The maximum absolute atomic E-state index is 12.8. The van der Waals surface area contributed by atoms with Crippen LogP contribution in [-0.2, 0) is 19.3 Å². The van der Waals surface area contributed by atoms with E-state index in [-0.39, 0.29) is 11.7 Å². The molecule has 0 spiro atoms. The van der Waals surface area contributed by atoms with Crippen LogP contribution >= 0.6 is 11.3 Å². The maximum atomic E-state index is 12.8. The van der Waals surface area contributed by atoms with E-state index in [9.17, 15) is 4.79 Å². The van der Waals surface area contributed by atoms with Crippen molar-refractivity contribution in [1.82, 2.24) is 9.97 Å². The number of H-pyrrole nitrogens is 1. The molecule has 0 bridgehead atoms. The van der Waals surface area contributed by atoms with Crippen LogP contribution in [0.2, 0.25) is 0 Å². The summed E-state index contributed by atoms with van der Waals surface area (Å²) >= 11 is 1.68. The van der Waals surface area contributed by atoms with Crippen LogP contribution < -0.4 is 15.0 Å². The first-order valence-electron chi connectivity index (χ1n) is 10.8. The average molecular weight is 423 g/mol. The van der Waals surface area contributed by atoms with Crippen molar-refractivity contribution < 1.29 is 9.47 Å². The van der Waals surface area contributed by atoms with Crippen LogP contribution in [0.25, 0.3) is 22.4 Å². The summed E-state index contributed by atoms with van der Waals surface area (Å²) < 4.78 is 11.8. The van der Waals surface area contributed by atoms with E-state index in [2.05, 4.69) is 18.0 Å². The summed E-state index contributed by atoms with van der Waals surface area (Å²) in [6.45, 7) is 4.65. The van der Waals surface area contributed by atoms with Crippen molar-refractivity contribution in [2.24, 2.45) is 0 Å². The van der Waals surface area contributed by atoms with E-state index in [0.29, 0.717) is 12.4 Å². The highest BCUT2D eigenvalue weighted by molar-refractivity contribution is 7.18. The Balaban J connectivity index is 1.51. The number of fused-ring (bicyclic) bond motifs is 4. The molecule has 2 aliphatic rings. The van der Waals surface area contributed by atoms with Gasteiger partial charge in [-0.25, -0.2) is 4.98 Å². The molecule has 1 aliphatic heterocycles. The molecule has 3 heterocycles. The lowest BCUT2D eigenvalue weighted by molar-refractivity contribution is 0.254. The van der Waals surface area contributed by atoms with Crippen LogP contribution in [-0.4, -0.2) is 22.7 Å². The first kappa shape index (κ1) is 19.4. The molecule has 5 nitrogen and oxygen atoms in total. The van der Waals surface area contributed by atoms with Crippen LogP contribution in [0, 0.1) is 0 Å². The minimum atomic E-state index is -0.0322. The molecule has 0 saturated carbocycles. The van der Waals surface area contributed by atoms with Crippen molar-refractivity contribution in [3.05, 3.63) is 49.9 Å². The Morgan fingerprint density at radius 3 is 3.00 bits per heavy atom. The first-order chi connectivity index (χ1) is 14.6. The zero-order valence-electron chi connectivity index (χ0n) is 17.4. The van der Waals surface area contributed by atoms with Gasteiger partial charge in [0, 0.05) is 22.4 Å². The molecule has 6 heteroatoms. The van der Waals surface area contributed by atoms with Crippen molar-refractivity contribution in [2.75, 3.05) is 6.61 Å². The number of benzene rings is 1. The van der Waals surface area contributed by atoms with Gasteiger partial charge in [-0.05, 0) is 69.4 Å². The van der Waals surface area contributed by atoms with Crippen molar-refractivity contribution in [3.8, 4) is 11.5 Å². The Morgan fingerprint density at radius 1 is 1.27 bits per heavy atom. The van der Waals surface area contributed by atoms with E-state index < -0.39 is 0 Å². The second kappa shape index (κ2) is 7.91. The zero-order chi connectivity index (χ0) is 20.7. The Labute approximate surface area is 179 Å². The highest BCUT2D eigenvalue weighted by Crippen LogP contribution is 2.36. The average Bonchev–Trinajstić information content (AvgIpc) is 3.16. The first-order valence-corrected chi connectivity index (χ1v) is 11.6. The lowest BCUT2D eigenvalue weighted by Crippen LogP contribution is -2.10. The second-order valence-electron chi connectivity index (χ2n) is 8.09. The number of aryl methyl sites for hydroxylation is 2. The fraction of sp³-hybridized carbons (Fsp3) is 0.417. The molecule has 0 fully saturated rings. The molecule has 156 valence electrons. The summed E-state index contributed by atoms with van der Waals surface area (Å²) in [6, 6.07) is 4.09. The highest BCUT2D eigenvalue weighted by Gasteiger charge is 2.22. The van der Waals surface area contributed by atoms with Gasteiger partial charge >= 0.3 is 0 Å². The third-order valence-electron chi connectivity index (χ3n) is 5.84. The summed E-state index contributed by atoms with van der Waals surface area (Å²) in [5.41, 5.74) is 3.29. The molecule has 0 saturated heterocycles. The number of thiophene rings is 1. The van der Waals surface area contributed by atoms with Gasteiger partial charge in [-0.15, -0.1) is 11.3 Å². The summed E-state index contributed by atoms with van der Waals surface area (Å²) in [4.78, 5) is 22.8. The maximum Gasteiger partial charge on any atom is 0.260 e. The largest absolute Gasteiger partial charge is 0.493 e. The lowest BCUT2D eigenvalue weighted by atomic mass is 10.1. The van der Waals surface area contributed by atoms with Crippen LogP contribution in [0.5, 0.6) is 11.5 Å². The molecule has 0 radical (unpaired) electrons. The number of aromatic amines is 1. The fourth-order valence-electron chi connectivity index (χ4n) is 4.47. The number of ether oxygens (including phenoxy) is 2. The van der Waals surface area contributed by atoms with Gasteiger partial charge in [-0.2, -0.15) is 0 Å². The number of nitrogens with zero attached hydrogens (tertiary/aromatic N) is 1. The zero-order valence-corrected chi connectivity index (χ0v) is 18.2. The van der Waals surface area contributed by atoms with Crippen LogP contribution in [0.1, 0.15) is 60.5 Å². The van der Waals surface area contributed by atoms with Gasteiger partial charge in [0.15, 0.2) is 0 Å². The standard InChI is InChI=1S/C24H26N2O3S/c1-3-28-18-13-16-11-14(2)29-19(16)12-15(18)9-10-21-25-23(27)22-17-7-5-4-6-8-20(17)30-24(22)26-21/h9-10,12-14H,3-8,11H2,1-2H3,(H,25,26,27)/b10-9+. The molecule has 0 amide bonds. The number of hydrogen-bond acceptors (Lipinski definition) is 5. The number of hydrogen-bond donors (Lipinski definition) is 1. The van der Waals surface area contributed by atoms with Gasteiger partial charge in [0.2, 0.25) is 0 Å². The third-order valence-corrected chi connectivity index (χ3v) is 7.03. The van der Waals surface area contributed by atoms with Gasteiger partial charge in [0.05, 0.1) is 12.0 Å². The fourth-order valence-corrected chi connectivity index (χ4v) is 5.74. The number of nitrogens with one attached hydrogen (secondary N) is 1. The molecule has 30 heavy (non-hydrogen) atoms. The predicted molar refractivity (Wildman–Crippen MR) is 122 cm³/mol. The van der Waals surface area contributed by atoms with Gasteiger partial charge in [0.1, 0.15) is 28.3 Å². The molecule has 1 unspecified atom stereocenters. The Bertz CT molecular complexity index is 1190. The highest BCUT2D eigenvalue weighted by atomic mass is 32.1. The Morgan fingerprint density at radius 2 is 2.13 bits per heavy atom. The van der Waals surface area contributed by atoms with Gasteiger partial charge < -0.3 is 14.5 Å². The summed E-state index contributed by atoms with van der Waals surface area (Å²) in [6.07, 6.45) is 10.5. The van der Waals surface area contributed by atoms with Crippen molar-refractivity contribution in [1.29, 1.82) is 0 Å². The van der Waals surface area contributed by atoms with Gasteiger partial charge in [-0.3, -0.25) is 4.79 Å². The van der Waals surface area contributed by atoms with E-state index in [1.807, 2.05) is 25.1 Å².